The van der Waals surface area contributed by atoms with E-state index >= 15 is 0 Å². The standard InChI is InChI=1S/C16H22N2O2/c1-20-16(7-4-8-16)11-15(19)18-10-9-17-12-13-5-2-3-6-14(13)18/h2-3,5-6,17H,4,7-12H2,1H3. The topological polar surface area (TPSA) is 41.6 Å². The van der Waals surface area contributed by atoms with Gasteiger partial charge in [-0.15, -0.1) is 0 Å². The summed E-state index contributed by atoms with van der Waals surface area (Å²) in [4.78, 5) is 14.6. The van der Waals surface area contributed by atoms with Crippen LogP contribution >= 0.6 is 0 Å². The molecule has 1 fully saturated rings. The zero-order valence-electron chi connectivity index (χ0n) is 12.0. The van der Waals surface area contributed by atoms with Crippen molar-refractivity contribution in [3.63, 3.8) is 0 Å². The van der Waals surface area contributed by atoms with E-state index in [9.17, 15) is 4.79 Å². The van der Waals surface area contributed by atoms with E-state index in [0.29, 0.717) is 6.42 Å². The first-order valence-electron chi connectivity index (χ1n) is 7.38. The maximum atomic E-state index is 12.7. The number of hydrogen-bond acceptors (Lipinski definition) is 3. The van der Waals surface area contributed by atoms with Crippen LogP contribution in [0.15, 0.2) is 24.3 Å². The first-order valence-corrected chi connectivity index (χ1v) is 7.38. The summed E-state index contributed by atoms with van der Waals surface area (Å²) in [5.74, 6) is 0.183. The molecule has 1 N–H and O–H groups in total. The van der Waals surface area contributed by atoms with Crippen molar-refractivity contribution in [3.8, 4) is 0 Å². The maximum Gasteiger partial charge on any atom is 0.229 e. The average Bonchev–Trinajstić information content (AvgIpc) is 2.65. The fourth-order valence-corrected chi connectivity index (χ4v) is 3.11. The molecule has 1 aliphatic heterocycles. The number of carbonyl (C=O) groups is 1. The van der Waals surface area contributed by atoms with Crippen LogP contribution in [-0.2, 0) is 16.1 Å². The molecule has 4 heteroatoms. The van der Waals surface area contributed by atoms with Crippen LogP contribution in [0.1, 0.15) is 31.2 Å². The summed E-state index contributed by atoms with van der Waals surface area (Å²) in [5, 5.41) is 3.37. The highest BCUT2D eigenvalue weighted by atomic mass is 16.5. The highest BCUT2D eigenvalue weighted by Crippen LogP contribution is 2.39. The number of methoxy groups -OCH3 is 1. The van der Waals surface area contributed by atoms with Gasteiger partial charge < -0.3 is 15.0 Å². The minimum absolute atomic E-state index is 0.183. The van der Waals surface area contributed by atoms with Gasteiger partial charge in [-0.1, -0.05) is 18.2 Å². The molecule has 0 saturated heterocycles. The van der Waals surface area contributed by atoms with Crippen LogP contribution in [0.25, 0.3) is 0 Å². The van der Waals surface area contributed by atoms with E-state index in [4.69, 9.17) is 4.74 Å². The molecule has 3 rings (SSSR count). The predicted molar refractivity (Wildman–Crippen MR) is 78.7 cm³/mol. The Balaban J connectivity index is 1.80. The summed E-state index contributed by atoms with van der Waals surface area (Å²) >= 11 is 0. The number of hydrogen-bond donors (Lipinski definition) is 1. The number of fused-ring (bicyclic) bond motifs is 1. The third-order valence-corrected chi connectivity index (χ3v) is 4.58. The maximum absolute atomic E-state index is 12.7. The number of ether oxygens (including phenoxy) is 1. The lowest BCUT2D eigenvalue weighted by molar-refractivity contribution is -0.131. The molecule has 1 amide bonds. The van der Waals surface area contributed by atoms with E-state index in [1.165, 1.54) is 12.0 Å². The predicted octanol–water partition coefficient (Wildman–Crippen LogP) is 2.08. The number of carbonyl (C=O) groups excluding carboxylic acids is 1. The van der Waals surface area contributed by atoms with Crippen molar-refractivity contribution >= 4 is 11.6 Å². The Hall–Kier alpha value is -1.39. The molecule has 0 bridgehead atoms. The van der Waals surface area contributed by atoms with Crippen LogP contribution < -0.4 is 10.2 Å². The molecule has 108 valence electrons. The van der Waals surface area contributed by atoms with Crippen molar-refractivity contribution < 1.29 is 9.53 Å². The quantitative estimate of drug-likeness (QED) is 0.917. The average molecular weight is 274 g/mol. The van der Waals surface area contributed by atoms with Crippen LogP contribution in [0.2, 0.25) is 0 Å². The molecule has 1 saturated carbocycles. The van der Waals surface area contributed by atoms with Gasteiger partial charge in [-0.05, 0) is 30.9 Å². The van der Waals surface area contributed by atoms with Gasteiger partial charge in [0, 0.05) is 32.4 Å². The van der Waals surface area contributed by atoms with Crippen LogP contribution in [0.4, 0.5) is 5.69 Å². The molecule has 1 aliphatic carbocycles. The molecular weight excluding hydrogens is 252 g/mol. The summed E-state index contributed by atoms with van der Waals surface area (Å²) in [5.41, 5.74) is 2.04. The SMILES string of the molecule is COC1(CC(=O)N2CCNCc3ccccc32)CCC1. The number of amides is 1. The fraction of sp³-hybridized carbons (Fsp3) is 0.562. The van der Waals surface area contributed by atoms with Crippen molar-refractivity contribution in [2.45, 2.75) is 37.8 Å². The summed E-state index contributed by atoms with van der Waals surface area (Å²) in [6.07, 6.45) is 3.67. The molecular formula is C16H22N2O2. The summed E-state index contributed by atoms with van der Waals surface area (Å²) in [6.45, 7) is 2.39. The van der Waals surface area contributed by atoms with Crippen molar-refractivity contribution in [1.82, 2.24) is 5.32 Å². The van der Waals surface area contributed by atoms with Crippen LogP contribution in [0.3, 0.4) is 0 Å². The van der Waals surface area contributed by atoms with E-state index in [0.717, 1.165) is 38.2 Å². The van der Waals surface area contributed by atoms with Crippen LogP contribution in [0.5, 0.6) is 0 Å². The molecule has 20 heavy (non-hydrogen) atoms. The first kappa shape index (κ1) is 13.6. The molecule has 4 nitrogen and oxygen atoms in total. The van der Waals surface area contributed by atoms with Crippen LogP contribution in [0, 0.1) is 0 Å². The van der Waals surface area contributed by atoms with Gasteiger partial charge in [0.2, 0.25) is 5.91 Å². The smallest absolute Gasteiger partial charge is 0.229 e. The molecule has 0 atom stereocenters. The molecule has 0 unspecified atom stereocenters. The van der Waals surface area contributed by atoms with Crippen molar-refractivity contribution in [1.29, 1.82) is 0 Å². The van der Waals surface area contributed by atoms with Crippen molar-refractivity contribution in [2.24, 2.45) is 0 Å². The molecule has 1 heterocycles. The fourth-order valence-electron chi connectivity index (χ4n) is 3.11. The minimum atomic E-state index is -0.203. The zero-order valence-corrected chi connectivity index (χ0v) is 12.0. The largest absolute Gasteiger partial charge is 0.378 e. The van der Waals surface area contributed by atoms with Gasteiger partial charge in [0.15, 0.2) is 0 Å². The van der Waals surface area contributed by atoms with Gasteiger partial charge >= 0.3 is 0 Å². The van der Waals surface area contributed by atoms with Gasteiger partial charge in [-0.25, -0.2) is 0 Å². The van der Waals surface area contributed by atoms with Crippen molar-refractivity contribution in [3.05, 3.63) is 29.8 Å². The lowest BCUT2D eigenvalue weighted by Gasteiger charge is -2.41. The Morgan fingerprint density at radius 1 is 1.40 bits per heavy atom. The van der Waals surface area contributed by atoms with Gasteiger partial charge in [0.25, 0.3) is 0 Å². The normalized spacial score (nSPS) is 20.8. The summed E-state index contributed by atoms with van der Waals surface area (Å²) < 4.78 is 5.59. The molecule has 1 aromatic rings. The Kier molecular flexibility index (Phi) is 3.76. The summed E-state index contributed by atoms with van der Waals surface area (Å²) in [7, 11) is 1.73. The number of benzene rings is 1. The minimum Gasteiger partial charge on any atom is -0.378 e. The van der Waals surface area contributed by atoms with Crippen LogP contribution in [-0.4, -0.2) is 31.7 Å². The molecule has 2 aliphatic rings. The number of nitrogens with one attached hydrogen (secondary N) is 1. The van der Waals surface area contributed by atoms with Gasteiger partial charge in [-0.2, -0.15) is 0 Å². The Morgan fingerprint density at radius 2 is 2.20 bits per heavy atom. The number of anilines is 1. The Labute approximate surface area is 120 Å². The molecule has 1 aromatic carbocycles. The van der Waals surface area contributed by atoms with Gasteiger partial charge in [0.05, 0.1) is 12.0 Å². The van der Waals surface area contributed by atoms with E-state index in [1.807, 2.05) is 23.1 Å². The highest BCUT2D eigenvalue weighted by molar-refractivity contribution is 5.95. The highest BCUT2D eigenvalue weighted by Gasteiger charge is 2.40. The molecule has 0 spiro atoms. The Bertz CT molecular complexity index is 491. The van der Waals surface area contributed by atoms with Gasteiger partial charge in [0.1, 0.15) is 0 Å². The lowest BCUT2D eigenvalue weighted by Crippen LogP contribution is -2.46. The monoisotopic (exact) mass is 274 g/mol. The Morgan fingerprint density at radius 3 is 2.90 bits per heavy atom. The molecule has 0 aromatic heterocycles. The number of nitrogens with zero attached hydrogens (tertiary/aromatic N) is 1. The third kappa shape index (κ3) is 2.45. The van der Waals surface area contributed by atoms with E-state index in [2.05, 4.69) is 11.4 Å². The molecule has 0 radical (unpaired) electrons. The third-order valence-electron chi connectivity index (χ3n) is 4.58. The van der Waals surface area contributed by atoms with Gasteiger partial charge in [-0.3, -0.25) is 4.79 Å². The van der Waals surface area contributed by atoms with E-state index in [1.54, 1.807) is 7.11 Å². The summed E-state index contributed by atoms with van der Waals surface area (Å²) in [6, 6.07) is 8.15. The van der Waals surface area contributed by atoms with E-state index < -0.39 is 0 Å². The second kappa shape index (κ2) is 5.54. The number of para-hydroxylation sites is 1. The number of rotatable bonds is 3. The lowest BCUT2D eigenvalue weighted by atomic mass is 9.77. The van der Waals surface area contributed by atoms with Crippen molar-refractivity contribution in [2.75, 3.05) is 25.1 Å². The first-order chi connectivity index (χ1) is 9.74. The second-order valence-corrected chi connectivity index (χ2v) is 5.77. The van der Waals surface area contributed by atoms with E-state index in [-0.39, 0.29) is 11.5 Å². The second-order valence-electron chi connectivity index (χ2n) is 5.77. The zero-order chi connectivity index (χ0) is 14.0.